The molecule has 0 aliphatic carbocycles. The topological polar surface area (TPSA) is 24.9 Å². The molecule has 1 aromatic heterocycles. The van der Waals surface area contributed by atoms with Gasteiger partial charge in [0.1, 0.15) is 0 Å². The SMILES string of the molecule is CC(C)CC(N[C@@H](C)c1ccncc1)c1ccccc1. The van der Waals surface area contributed by atoms with E-state index >= 15 is 0 Å². The highest BCUT2D eigenvalue weighted by molar-refractivity contribution is 5.21. The normalized spacial score (nSPS) is 14.2. The standard InChI is InChI=1S/C18H24N2/c1-14(2)13-18(17-7-5-4-6-8-17)20-15(3)16-9-11-19-12-10-16/h4-12,14-15,18,20H,13H2,1-3H3/t15-,18?/m0/s1. The van der Waals surface area contributed by atoms with E-state index in [1.807, 2.05) is 12.4 Å². The summed E-state index contributed by atoms with van der Waals surface area (Å²) in [4.78, 5) is 4.09. The van der Waals surface area contributed by atoms with Gasteiger partial charge in [0.25, 0.3) is 0 Å². The summed E-state index contributed by atoms with van der Waals surface area (Å²) in [5.74, 6) is 0.664. The molecule has 2 nitrogen and oxygen atoms in total. The van der Waals surface area contributed by atoms with E-state index in [4.69, 9.17) is 0 Å². The summed E-state index contributed by atoms with van der Waals surface area (Å²) in [5.41, 5.74) is 2.65. The lowest BCUT2D eigenvalue weighted by Gasteiger charge is -2.25. The van der Waals surface area contributed by atoms with Crippen LogP contribution in [0.3, 0.4) is 0 Å². The number of hydrogen-bond acceptors (Lipinski definition) is 2. The van der Waals surface area contributed by atoms with E-state index in [0.29, 0.717) is 18.0 Å². The Kier molecular flexibility index (Phi) is 5.31. The highest BCUT2D eigenvalue weighted by Crippen LogP contribution is 2.25. The maximum atomic E-state index is 4.09. The lowest BCUT2D eigenvalue weighted by molar-refractivity contribution is 0.394. The van der Waals surface area contributed by atoms with Crippen molar-refractivity contribution in [3.8, 4) is 0 Å². The van der Waals surface area contributed by atoms with E-state index in [1.165, 1.54) is 11.1 Å². The first-order valence-corrected chi connectivity index (χ1v) is 7.37. The third-order valence-electron chi connectivity index (χ3n) is 3.57. The van der Waals surface area contributed by atoms with Crippen LogP contribution in [-0.2, 0) is 0 Å². The van der Waals surface area contributed by atoms with Crippen LogP contribution in [0.15, 0.2) is 54.9 Å². The Morgan fingerprint density at radius 1 is 0.900 bits per heavy atom. The second-order valence-corrected chi connectivity index (χ2v) is 5.76. The van der Waals surface area contributed by atoms with E-state index in [2.05, 4.69) is 73.5 Å². The Hall–Kier alpha value is -1.67. The summed E-state index contributed by atoms with van der Waals surface area (Å²) in [6.45, 7) is 6.76. The molecule has 2 rings (SSSR count). The molecule has 0 saturated heterocycles. The fourth-order valence-corrected chi connectivity index (χ4v) is 2.51. The first-order valence-electron chi connectivity index (χ1n) is 7.37. The van der Waals surface area contributed by atoms with Crippen molar-refractivity contribution in [1.82, 2.24) is 10.3 Å². The molecule has 0 fully saturated rings. The zero-order chi connectivity index (χ0) is 14.4. The van der Waals surface area contributed by atoms with E-state index < -0.39 is 0 Å². The minimum atomic E-state index is 0.321. The highest BCUT2D eigenvalue weighted by atomic mass is 14.9. The second kappa shape index (κ2) is 7.20. The molecule has 1 N–H and O–H groups in total. The Bertz CT molecular complexity index is 493. The maximum absolute atomic E-state index is 4.09. The molecule has 0 aliphatic heterocycles. The first kappa shape index (κ1) is 14.7. The molecule has 0 radical (unpaired) electrons. The van der Waals surface area contributed by atoms with Gasteiger partial charge in [0.2, 0.25) is 0 Å². The maximum Gasteiger partial charge on any atom is 0.0328 e. The number of aromatic nitrogens is 1. The van der Waals surface area contributed by atoms with Crippen LogP contribution in [0.2, 0.25) is 0 Å². The van der Waals surface area contributed by atoms with Crippen molar-refractivity contribution in [1.29, 1.82) is 0 Å². The molecule has 2 heteroatoms. The molecular weight excluding hydrogens is 244 g/mol. The van der Waals surface area contributed by atoms with E-state index in [-0.39, 0.29) is 0 Å². The molecule has 1 unspecified atom stereocenters. The minimum Gasteiger partial charge on any atom is -0.303 e. The van der Waals surface area contributed by atoms with Crippen molar-refractivity contribution in [2.45, 2.75) is 39.3 Å². The molecule has 0 bridgehead atoms. The van der Waals surface area contributed by atoms with Crippen LogP contribution in [0.5, 0.6) is 0 Å². The smallest absolute Gasteiger partial charge is 0.0328 e. The number of benzene rings is 1. The van der Waals surface area contributed by atoms with Gasteiger partial charge in [-0.15, -0.1) is 0 Å². The summed E-state index contributed by atoms with van der Waals surface area (Å²) >= 11 is 0. The van der Waals surface area contributed by atoms with E-state index in [9.17, 15) is 0 Å². The minimum absolute atomic E-state index is 0.321. The van der Waals surface area contributed by atoms with Crippen LogP contribution in [0.25, 0.3) is 0 Å². The van der Waals surface area contributed by atoms with Crippen LogP contribution in [0, 0.1) is 5.92 Å². The summed E-state index contributed by atoms with van der Waals surface area (Å²) in [6.07, 6.45) is 4.85. The molecule has 0 aliphatic rings. The van der Waals surface area contributed by atoms with Crippen LogP contribution in [0.1, 0.15) is 50.4 Å². The zero-order valence-corrected chi connectivity index (χ0v) is 12.6. The molecular formula is C18H24N2. The Morgan fingerprint density at radius 3 is 2.15 bits per heavy atom. The van der Waals surface area contributed by atoms with Crippen molar-refractivity contribution in [2.24, 2.45) is 5.92 Å². The Morgan fingerprint density at radius 2 is 1.55 bits per heavy atom. The van der Waals surface area contributed by atoms with Crippen LogP contribution >= 0.6 is 0 Å². The number of rotatable bonds is 6. The average Bonchev–Trinajstić information content (AvgIpc) is 2.48. The highest BCUT2D eigenvalue weighted by Gasteiger charge is 2.16. The second-order valence-electron chi connectivity index (χ2n) is 5.76. The average molecular weight is 268 g/mol. The molecule has 20 heavy (non-hydrogen) atoms. The van der Waals surface area contributed by atoms with Crippen molar-refractivity contribution in [3.63, 3.8) is 0 Å². The van der Waals surface area contributed by atoms with Crippen molar-refractivity contribution in [3.05, 3.63) is 66.0 Å². The Labute approximate surface area is 122 Å². The van der Waals surface area contributed by atoms with Gasteiger partial charge in [-0.3, -0.25) is 4.98 Å². The van der Waals surface area contributed by atoms with Gasteiger partial charge in [-0.2, -0.15) is 0 Å². The molecule has 1 heterocycles. The van der Waals surface area contributed by atoms with Gasteiger partial charge >= 0.3 is 0 Å². The van der Waals surface area contributed by atoms with Gasteiger partial charge < -0.3 is 5.32 Å². The van der Waals surface area contributed by atoms with E-state index in [1.54, 1.807) is 0 Å². The molecule has 2 atom stereocenters. The van der Waals surface area contributed by atoms with E-state index in [0.717, 1.165) is 6.42 Å². The third kappa shape index (κ3) is 4.17. The van der Waals surface area contributed by atoms with Crippen LogP contribution in [0.4, 0.5) is 0 Å². The summed E-state index contributed by atoms with van der Waals surface area (Å²) in [5, 5.41) is 3.75. The summed E-state index contributed by atoms with van der Waals surface area (Å²) in [6, 6.07) is 15.6. The van der Waals surface area contributed by atoms with Gasteiger partial charge in [0.05, 0.1) is 0 Å². The monoisotopic (exact) mass is 268 g/mol. The quantitative estimate of drug-likeness (QED) is 0.833. The Balaban J connectivity index is 2.12. The fourth-order valence-electron chi connectivity index (χ4n) is 2.51. The number of pyridine rings is 1. The predicted octanol–water partition coefficient (Wildman–Crippen LogP) is 4.52. The third-order valence-corrected chi connectivity index (χ3v) is 3.57. The zero-order valence-electron chi connectivity index (χ0n) is 12.6. The molecule has 106 valence electrons. The van der Waals surface area contributed by atoms with Gasteiger partial charge in [0, 0.05) is 24.5 Å². The number of nitrogens with one attached hydrogen (secondary N) is 1. The van der Waals surface area contributed by atoms with Gasteiger partial charge in [0.15, 0.2) is 0 Å². The van der Waals surface area contributed by atoms with Crippen molar-refractivity contribution in [2.75, 3.05) is 0 Å². The molecule has 1 aromatic carbocycles. The van der Waals surface area contributed by atoms with Gasteiger partial charge in [-0.1, -0.05) is 44.2 Å². The fraction of sp³-hybridized carbons (Fsp3) is 0.389. The molecule has 0 saturated carbocycles. The molecule has 0 amide bonds. The predicted molar refractivity (Wildman–Crippen MR) is 84.4 cm³/mol. The largest absolute Gasteiger partial charge is 0.303 e. The molecule has 0 spiro atoms. The van der Waals surface area contributed by atoms with Crippen molar-refractivity contribution >= 4 is 0 Å². The van der Waals surface area contributed by atoms with Crippen LogP contribution in [-0.4, -0.2) is 4.98 Å². The van der Waals surface area contributed by atoms with Gasteiger partial charge in [-0.05, 0) is 42.5 Å². The van der Waals surface area contributed by atoms with Crippen molar-refractivity contribution < 1.29 is 0 Å². The number of hydrogen-bond donors (Lipinski definition) is 1. The number of nitrogens with zero attached hydrogens (tertiary/aromatic N) is 1. The first-order chi connectivity index (χ1) is 9.66. The summed E-state index contributed by atoms with van der Waals surface area (Å²) < 4.78 is 0. The molecule has 2 aromatic rings. The van der Waals surface area contributed by atoms with Crippen LogP contribution < -0.4 is 5.32 Å². The lowest BCUT2D eigenvalue weighted by Crippen LogP contribution is -2.26. The summed E-state index contributed by atoms with van der Waals surface area (Å²) in [7, 11) is 0. The van der Waals surface area contributed by atoms with Gasteiger partial charge in [-0.25, -0.2) is 0 Å². The lowest BCUT2D eigenvalue weighted by atomic mass is 9.95.